The van der Waals surface area contributed by atoms with Gasteiger partial charge in [-0.15, -0.1) is 0 Å². The van der Waals surface area contributed by atoms with E-state index in [1.54, 1.807) is 16.7 Å². The molecule has 4 nitrogen and oxygen atoms in total. The Balaban J connectivity index is 1.78. The van der Waals surface area contributed by atoms with Gasteiger partial charge in [0.2, 0.25) is 11.8 Å². The van der Waals surface area contributed by atoms with E-state index in [4.69, 9.17) is 0 Å². The SMILES string of the molecule is CC(C)NC(=O)[C@H](Cc1ccccc1)N(Cc1ccc(Br)cc1)C(=O)CCSCc1ccccc1. The summed E-state index contributed by atoms with van der Waals surface area (Å²) in [6.45, 7) is 4.27. The minimum atomic E-state index is -0.588. The zero-order chi connectivity index (χ0) is 25.0. The fraction of sp³-hybridized carbons (Fsp3) is 0.310. The van der Waals surface area contributed by atoms with Crippen molar-refractivity contribution in [3.8, 4) is 0 Å². The average Bonchev–Trinajstić information content (AvgIpc) is 2.86. The van der Waals surface area contributed by atoms with Gasteiger partial charge in [-0.1, -0.05) is 88.7 Å². The van der Waals surface area contributed by atoms with Crippen molar-refractivity contribution in [2.75, 3.05) is 5.75 Å². The maximum atomic E-state index is 13.6. The highest BCUT2D eigenvalue weighted by Gasteiger charge is 2.30. The lowest BCUT2D eigenvalue weighted by Crippen LogP contribution is -2.51. The quantitative estimate of drug-likeness (QED) is 0.270. The Morgan fingerprint density at radius 1 is 0.857 bits per heavy atom. The minimum Gasteiger partial charge on any atom is -0.352 e. The minimum absolute atomic E-state index is 0.00619. The van der Waals surface area contributed by atoms with Crippen LogP contribution in [0.2, 0.25) is 0 Å². The maximum Gasteiger partial charge on any atom is 0.243 e. The molecule has 3 rings (SSSR count). The van der Waals surface area contributed by atoms with Gasteiger partial charge in [-0.25, -0.2) is 0 Å². The molecule has 1 N–H and O–H groups in total. The normalized spacial score (nSPS) is 11.8. The van der Waals surface area contributed by atoms with Gasteiger partial charge in [0.05, 0.1) is 0 Å². The van der Waals surface area contributed by atoms with Crippen molar-refractivity contribution in [2.45, 2.75) is 51.1 Å². The molecular formula is C29H33BrN2O2S. The van der Waals surface area contributed by atoms with E-state index in [0.717, 1.165) is 21.4 Å². The Morgan fingerprint density at radius 2 is 1.46 bits per heavy atom. The summed E-state index contributed by atoms with van der Waals surface area (Å²) < 4.78 is 0.981. The predicted molar refractivity (Wildman–Crippen MR) is 149 cm³/mol. The standard InChI is InChI=1S/C29H33BrN2O2S/c1-22(2)31-29(34)27(19-23-9-5-3-6-10-23)32(20-24-13-15-26(30)16-14-24)28(33)17-18-35-21-25-11-7-4-8-12-25/h3-16,22,27H,17-21H2,1-2H3,(H,31,34)/t27-/m0/s1. The summed E-state index contributed by atoms with van der Waals surface area (Å²) in [7, 11) is 0. The van der Waals surface area contributed by atoms with Crippen molar-refractivity contribution in [2.24, 2.45) is 0 Å². The molecule has 35 heavy (non-hydrogen) atoms. The molecule has 0 saturated heterocycles. The third-order valence-electron chi connectivity index (χ3n) is 5.54. The number of carbonyl (C=O) groups is 2. The second kappa shape index (κ2) is 14.1. The van der Waals surface area contributed by atoms with Crippen LogP contribution in [0, 0.1) is 0 Å². The van der Waals surface area contributed by atoms with Crippen LogP contribution < -0.4 is 5.32 Å². The Labute approximate surface area is 221 Å². The average molecular weight is 554 g/mol. The molecule has 2 amide bonds. The topological polar surface area (TPSA) is 49.4 Å². The molecule has 184 valence electrons. The molecule has 0 aliphatic carbocycles. The number of halogens is 1. The fourth-order valence-corrected chi connectivity index (χ4v) is 4.94. The van der Waals surface area contributed by atoms with Gasteiger partial charge in [0.1, 0.15) is 6.04 Å². The Hall–Kier alpha value is -2.57. The molecule has 0 spiro atoms. The van der Waals surface area contributed by atoms with Crippen molar-refractivity contribution in [1.82, 2.24) is 10.2 Å². The van der Waals surface area contributed by atoms with Crippen molar-refractivity contribution in [3.63, 3.8) is 0 Å². The van der Waals surface area contributed by atoms with Crippen molar-refractivity contribution in [1.29, 1.82) is 0 Å². The Bertz CT molecular complexity index is 1060. The van der Waals surface area contributed by atoms with Crippen LogP contribution in [0.1, 0.15) is 37.0 Å². The predicted octanol–water partition coefficient (Wildman–Crippen LogP) is 6.24. The Kier molecular flexibility index (Phi) is 10.9. The number of benzene rings is 3. The van der Waals surface area contributed by atoms with Crippen molar-refractivity contribution >= 4 is 39.5 Å². The van der Waals surface area contributed by atoms with E-state index in [0.29, 0.717) is 25.1 Å². The molecule has 6 heteroatoms. The molecule has 3 aromatic rings. The highest BCUT2D eigenvalue weighted by Crippen LogP contribution is 2.19. The Morgan fingerprint density at radius 3 is 2.06 bits per heavy atom. The largest absolute Gasteiger partial charge is 0.352 e. The monoisotopic (exact) mass is 552 g/mol. The van der Waals surface area contributed by atoms with E-state index in [9.17, 15) is 9.59 Å². The second-order valence-electron chi connectivity index (χ2n) is 8.81. The lowest BCUT2D eigenvalue weighted by Gasteiger charge is -2.32. The van der Waals surface area contributed by atoms with Crippen LogP contribution in [0.5, 0.6) is 0 Å². The smallest absolute Gasteiger partial charge is 0.243 e. The van der Waals surface area contributed by atoms with Crippen LogP contribution in [-0.2, 0) is 28.3 Å². The molecular weight excluding hydrogens is 520 g/mol. The van der Waals surface area contributed by atoms with Gasteiger partial charge in [0.25, 0.3) is 0 Å². The first-order valence-electron chi connectivity index (χ1n) is 11.9. The molecule has 0 aliphatic heterocycles. The van der Waals surface area contributed by atoms with E-state index >= 15 is 0 Å². The summed E-state index contributed by atoms with van der Waals surface area (Å²) in [6, 6.07) is 27.5. The van der Waals surface area contributed by atoms with Crippen molar-refractivity contribution < 1.29 is 9.59 Å². The number of thioether (sulfide) groups is 1. The van der Waals surface area contributed by atoms with Crippen LogP contribution in [0.15, 0.2) is 89.4 Å². The highest BCUT2D eigenvalue weighted by atomic mass is 79.9. The second-order valence-corrected chi connectivity index (χ2v) is 10.8. The first-order valence-corrected chi connectivity index (χ1v) is 13.9. The molecule has 0 saturated carbocycles. The van der Waals surface area contributed by atoms with Gasteiger partial charge >= 0.3 is 0 Å². The van der Waals surface area contributed by atoms with E-state index in [2.05, 4.69) is 33.4 Å². The lowest BCUT2D eigenvalue weighted by atomic mass is 10.0. The summed E-state index contributed by atoms with van der Waals surface area (Å²) in [4.78, 5) is 28.7. The molecule has 0 aromatic heterocycles. The lowest BCUT2D eigenvalue weighted by molar-refractivity contribution is -0.141. The zero-order valence-electron chi connectivity index (χ0n) is 20.3. The van der Waals surface area contributed by atoms with Gasteiger partial charge < -0.3 is 10.2 Å². The number of hydrogen-bond donors (Lipinski definition) is 1. The third-order valence-corrected chi connectivity index (χ3v) is 7.10. The summed E-state index contributed by atoms with van der Waals surface area (Å²) in [6.07, 6.45) is 0.854. The van der Waals surface area contributed by atoms with Gasteiger partial charge in [-0.2, -0.15) is 11.8 Å². The molecule has 1 atom stereocenters. The molecule has 0 unspecified atom stereocenters. The number of carbonyl (C=O) groups excluding carboxylic acids is 2. The van der Waals surface area contributed by atoms with E-state index < -0.39 is 6.04 Å². The molecule has 0 radical (unpaired) electrons. The van der Waals surface area contributed by atoms with E-state index in [1.807, 2.05) is 86.6 Å². The molecule has 3 aromatic carbocycles. The summed E-state index contributed by atoms with van der Waals surface area (Å²) >= 11 is 5.22. The molecule has 0 fully saturated rings. The summed E-state index contributed by atoms with van der Waals surface area (Å²) in [5, 5.41) is 3.04. The van der Waals surface area contributed by atoms with Gasteiger partial charge in [-0.05, 0) is 42.7 Å². The van der Waals surface area contributed by atoms with Crippen LogP contribution in [0.25, 0.3) is 0 Å². The fourth-order valence-electron chi connectivity index (χ4n) is 3.79. The zero-order valence-corrected chi connectivity index (χ0v) is 22.7. The highest BCUT2D eigenvalue weighted by molar-refractivity contribution is 9.10. The van der Waals surface area contributed by atoms with Gasteiger partial charge in [0, 0.05) is 41.4 Å². The third kappa shape index (κ3) is 9.19. The molecule has 0 heterocycles. The van der Waals surface area contributed by atoms with E-state index in [-0.39, 0.29) is 17.9 Å². The van der Waals surface area contributed by atoms with Crippen LogP contribution in [0.3, 0.4) is 0 Å². The molecule has 0 bridgehead atoms. The van der Waals surface area contributed by atoms with Crippen LogP contribution >= 0.6 is 27.7 Å². The van der Waals surface area contributed by atoms with Crippen LogP contribution in [0.4, 0.5) is 0 Å². The maximum absolute atomic E-state index is 13.6. The summed E-state index contributed by atoms with van der Waals surface area (Å²) in [5.74, 6) is 1.44. The number of nitrogens with one attached hydrogen (secondary N) is 1. The first kappa shape index (κ1) is 27.0. The van der Waals surface area contributed by atoms with Crippen LogP contribution in [-0.4, -0.2) is 34.6 Å². The number of rotatable bonds is 12. The molecule has 0 aliphatic rings. The van der Waals surface area contributed by atoms with E-state index in [1.165, 1.54) is 5.56 Å². The van der Waals surface area contributed by atoms with Gasteiger partial charge in [0.15, 0.2) is 0 Å². The number of hydrogen-bond acceptors (Lipinski definition) is 3. The number of amides is 2. The van der Waals surface area contributed by atoms with Gasteiger partial charge in [-0.3, -0.25) is 9.59 Å². The summed E-state index contributed by atoms with van der Waals surface area (Å²) in [5.41, 5.74) is 3.27. The number of nitrogens with zero attached hydrogens (tertiary/aromatic N) is 1. The first-order chi connectivity index (χ1) is 16.9. The van der Waals surface area contributed by atoms with Crippen molar-refractivity contribution in [3.05, 3.63) is 106 Å².